The van der Waals surface area contributed by atoms with E-state index in [2.05, 4.69) is 26.6 Å². The summed E-state index contributed by atoms with van der Waals surface area (Å²) >= 11 is 0. The molecule has 1 fully saturated rings. The number of nitrogens with one attached hydrogen (secondary N) is 1. The van der Waals surface area contributed by atoms with Crippen LogP contribution in [-0.2, 0) is 55.1 Å². The van der Waals surface area contributed by atoms with Crippen LogP contribution in [0.4, 0.5) is 17.1 Å². The van der Waals surface area contributed by atoms with Crippen LogP contribution in [0.2, 0.25) is 0 Å². The van der Waals surface area contributed by atoms with E-state index in [0.717, 1.165) is 77.2 Å². The van der Waals surface area contributed by atoms with Gasteiger partial charge in [0.1, 0.15) is 18.1 Å². The SMILES string of the molecule is C#CCCCCN1/C(=C/C=C2\CCCC(/C=C/C3=[N+](CCCCC#C)c4ccc(S(=O)(=O)O)cc4C3(C)C)=C2Oc2ccc(NC(=O)CCCC(=O)ON3C(=O)CCC3=O)cc2)C(C)(C)c2cc(S(=O)(=O)O)ccc21. The lowest BCUT2D eigenvalue weighted by Crippen LogP contribution is -2.32. The molecule has 1 saturated heterocycles. The Bertz CT molecular complexity index is 3240. The summed E-state index contributed by atoms with van der Waals surface area (Å²) in [5, 5.41) is 3.30. The number of imide groups is 1. The maximum Gasteiger partial charge on any atom is 0.333 e. The third-order valence-electron chi connectivity index (χ3n) is 13.9. The van der Waals surface area contributed by atoms with E-state index >= 15 is 0 Å². The van der Waals surface area contributed by atoms with Crippen molar-refractivity contribution in [1.82, 2.24) is 5.06 Å². The van der Waals surface area contributed by atoms with Crippen molar-refractivity contribution in [3.63, 3.8) is 0 Å². The number of unbranched alkanes of at least 4 members (excludes halogenated alkanes) is 4. The zero-order valence-electron chi connectivity index (χ0n) is 42.7. The number of hydrogen-bond donors (Lipinski definition) is 3. The Morgan fingerprint density at radius 2 is 1.40 bits per heavy atom. The molecule has 3 heterocycles. The topological polar surface area (TPSA) is 217 Å². The smallest absolute Gasteiger partial charge is 0.333 e. The molecule has 0 radical (unpaired) electrons. The van der Waals surface area contributed by atoms with Gasteiger partial charge in [0.25, 0.3) is 32.1 Å². The lowest BCUT2D eigenvalue weighted by Gasteiger charge is -2.27. The van der Waals surface area contributed by atoms with Gasteiger partial charge in [0.15, 0.2) is 5.71 Å². The molecular formula is C57H63N4O12S2+. The Balaban J connectivity index is 1.23. The van der Waals surface area contributed by atoms with Gasteiger partial charge < -0.3 is 19.8 Å². The van der Waals surface area contributed by atoms with Crippen LogP contribution in [0.1, 0.15) is 129 Å². The van der Waals surface area contributed by atoms with Crippen LogP contribution in [0.25, 0.3) is 0 Å². The molecule has 0 atom stereocenters. The first-order valence-electron chi connectivity index (χ1n) is 25.1. The van der Waals surface area contributed by atoms with Crippen LogP contribution in [0.15, 0.2) is 117 Å². The molecule has 18 heteroatoms. The van der Waals surface area contributed by atoms with E-state index in [1.807, 2.05) is 52.0 Å². The number of hydroxylamine groups is 2. The largest absolute Gasteiger partial charge is 0.457 e. The maximum atomic E-state index is 12.9. The van der Waals surface area contributed by atoms with Crippen LogP contribution in [-0.4, -0.2) is 78.1 Å². The number of anilines is 2. The quantitative estimate of drug-likeness (QED) is 0.0298. The average molecular weight is 1060 g/mol. The minimum absolute atomic E-state index is 0.0211. The minimum atomic E-state index is -4.48. The second-order valence-corrected chi connectivity index (χ2v) is 22.8. The van der Waals surface area contributed by atoms with Crippen LogP contribution in [0, 0.1) is 24.7 Å². The predicted octanol–water partition coefficient (Wildman–Crippen LogP) is 9.56. The zero-order valence-corrected chi connectivity index (χ0v) is 44.3. The summed E-state index contributed by atoms with van der Waals surface area (Å²) < 4.78 is 78.4. The van der Waals surface area contributed by atoms with Crippen molar-refractivity contribution in [2.75, 3.05) is 23.3 Å². The summed E-state index contributed by atoms with van der Waals surface area (Å²) in [6, 6.07) is 16.2. The molecule has 4 aliphatic rings. The zero-order chi connectivity index (χ0) is 54.3. The predicted molar refractivity (Wildman–Crippen MR) is 284 cm³/mol. The number of ether oxygens (including phenoxy) is 1. The van der Waals surface area contributed by atoms with Gasteiger partial charge in [-0.25, -0.2) is 4.79 Å². The fourth-order valence-corrected chi connectivity index (χ4v) is 11.0. The molecule has 394 valence electrons. The lowest BCUT2D eigenvalue weighted by molar-refractivity contribution is -0.438. The number of nitrogens with zero attached hydrogens (tertiary/aromatic N) is 3. The Morgan fingerprint density at radius 1 is 0.760 bits per heavy atom. The molecule has 3 amide bonds. The monoisotopic (exact) mass is 1060 g/mol. The molecule has 3 aromatic rings. The fourth-order valence-electron chi connectivity index (χ4n) is 9.96. The number of amides is 3. The lowest BCUT2D eigenvalue weighted by atomic mass is 9.81. The van der Waals surface area contributed by atoms with E-state index in [-0.39, 0.29) is 47.8 Å². The maximum absolute atomic E-state index is 12.9. The van der Waals surface area contributed by atoms with Crippen molar-refractivity contribution in [3.05, 3.63) is 119 Å². The summed E-state index contributed by atoms with van der Waals surface area (Å²) in [6.45, 7) is 9.26. The molecule has 0 bridgehead atoms. The van der Waals surface area contributed by atoms with Gasteiger partial charge >= 0.3 is 5.97 Å². The van der Waals surface area contributed by atoms with E-state index < -0.39 is 48.8 Å². The number of hydrogen-bond acceptors (Lipinski definition) is 11. The Labute approximate surface area is 439 Å². The molecular weight excluding hydrogens is 997 g/mol. The minimum Gasteiger partial charge on any atom is -0.457 e. The van der Waals surface area contributed by atoms with Crippen LogP contribution in [0.5, 0.6) is 5.75 Å². The highest BCUT2D eigenvalue weighted by Gasteiger charge is 2.45. The molecule has 0 aromatic heterocycles. The van der Waals surface area contributed by atoms with Gasteiger partial charge in [-0.3, -0.25) is 23.5 Å². The molecule has 3 N–H and O–H groups in total. The summed E-state index contributed by atoms with van der Waals surface area (Å²) in [7, 11) is -8.97. The second-order valence-electron chi connectivity index (χ2n) is 19.9. The van der Waals surface area contributed by atoms with Crippen molar-refractivity contribution < 1.29 is 59.3 Å². The highest BCUT2D eigenvalue weighted by atomic mass is 32.2. The Morgan fingerprint density at radius 3 is 2.05 bits per heavy atom. The normalized spacial score (nSPS) is 18.2. The van der Waals surface area contributed by atoms with Gasteiger partial charge in [0, 0.05) is 91.7 Å². The Kier molecular flexibility index (Phi) is 17.2. The van der Waals surface area contributed by atoms with Gasteiger partial charge in [-0.05, 0) is 142 Å². The van der Waals surface area contributed by atoms with Gasteiger partial charge in [-0.15, -0.1) is 29.8 Å². The number of terminal acetylenes is 2. The van der Waals surface area contributed by atoms with Crippen molar-refractivity contribution in [2.45, 2.75) is 138 Å². The van der Waals surface area contributed by atoms with Crippen molar-refractivity contribution in [1.29, 1.82) is 0 Å². The van der Waals surface area contributed by atoms with Gasteiger partial charge in [-0.2, -0.15) is 21.4 Å². The highest BCUT2D eigenvalue weighted by molar-refractivity contribution is 7.86. The molecule has 3 aromatic carbocycles. The molecule has 7 rings (SSSR count). The van der Waals surface area contributed by atoms with Gasteiger partial charge in [0.2, 0.25) is 11.6 Å². The first kappa shape index (κ1) is 55.7. The molecule has 0 saturated carbocycles. The molecule has 0 unspecified atom stereocenters. The molecule has 75 heavy (non-hydrogen) atoms. The standard InChI is InChI=1S/C57H62N4O12S2/c1-7-9-11-13-35-59-47-29-27-43(74(66,67)68)37-45(47)56(3,4)49(59)31-21-39-17-15-18-40(22-32-50-57(5,6)46-38-44(75(69,70)71)28-30-48(46)60(50)36-14-12-10-8-2)55(39)72-42-25-23-41(24-26-42)58-51(62)19-16-20-54(65)73-61-52(63)33-34-53(61)64/h1-2,21-32,37-38H,9-20,33-36H2,3-6H3,(H2-,58,62,66,67,68,69,70,71)/p+1. The van der Waals surface area contributed by atoms with Crippen LogP contribution in [0.3, 0.4) is 0 Å². The summed E-state index contributed by atoms with van der Waals surface area (Å²) in [4.78, 5) is 55.5. The van der Waals surface area contributed by atoms with E-state index in [1.165, 1.54) is 24.3 Å². The van der Waals surface area contributed by atoms with Crippen molar-refractivity contribution in [2.24, 2.45) is 0 Å². The average Bonchev–Trinajstić information content (AvgIpc) is 3.87. The summed E-state index contributed by atoms with van der Waals surface area (Å²) in [5.41, 5.74) is 5.77. The molecule has 1 aliphatic carbocycles. The number of carbonyl (C=O) groups excluding carboxylic acids is 4. The van der Waals surface area contributed by atoms with Crippen LogP contribution < -0.4 is 15.0 Å². The number of allylic oxidation sites excluding steroid dienone is 7. The number of rotatable bonds is 21. The highest BCUT2D eigenvalue weighted by Crippen LogP contribution is 2.49. The number of benzene rings is 3. The van der Waals surface area contributed by atoms with Gasteiger partial charge in [0.05, 0.1) is 15.2 Å². The van der Waals surface area contributed by atoms with E-state index in [4.69, 9.17) is 22.4 Å². The number of fused-ring (bicyclic) bond motifs is 2. The third kappa shape index (κ3) is 12.9. The van der Waals surface area contributed by atoms with E-state index in [9.17, 15) is 45.1 Å². The third-order valence-corrected chi connectivity index (χ3v) is 15.6. The number of carbonyl (C=O) groups is 4. The molecule has 0 spiro atoms. The van der Waals surface area contributed by atoms with E-state index in [1.54, 1.807) is 36.4 Å². The summed E-state index contributed by atoms with van der Waals surface area (Å²) in [5.74, 6) is 4.15. The van der Waals surface area contributed by atoms with Crippen LogP contribution >= 0.6 is 0 Å². The summed E-state index contributed by atoms with van der Waals surface area (Å²) in [6.07, 6.45) is 25.6. The van der Waals surface area contributed by atoms with E-state index in [0.29, 0.717) is 61.0 Å². The van der Waals surface area contributed by atoms with Gasteiger partial charge in [-0.1, -0.05) is 19.9 Å². The first-order valence-corrected chi connectivity index (χ1v) is 27.9. The fraction of sp³-hybridized carbons (Fsp3) is 0.386. The molecule has 16 nitrogen and oxygen atoms in total. The second kappa shape index (κ2) is 23.2. The van der Waals surface area contributed by atoms with Crippen molar-refractivity contribution in [3.8, 4) is 30.4 Å². The molecule has 3 aliphatic heterocycles. The Hall–Kier alpha value is -7.09. The van der Waals surface area contributed by atoms with Crippen molar-refractivity contribution >= 4 is 66.7 Å². The first-order chi connectivity index (χ1) is 35.5.